The van der Waals surface area contributed by atoms with Crippen LogP contribution < -0.4 is 10.9 Å². The van der Waals surface area contributed by atoms with Crippen molar-refractivity contribution in [2.24, 2.45) is 7.05 Å². The third-order valence-corrected chi connectivity index (χ3v) is 4.30. The second-order valence-corrected chi connectivity index (χ2v) is 5.90. The predicted molar refractivity (Wildman–Crippen MR) is 91.2 cm³/mol. The third-order valence-electron chi connectivity index (χ3n) is 4.30. The molecule has 1 aromatic heterocycles. The third kappa shape index (κ3) is 3.65. The largest absolute Gasteiger partial charge is 0.494 e. The maximum absolute atomic E-state index is 11.8. The van der Waals surface area contributed by atoms with Crippen LogP contribution in [0.5, 0.6) is 5.88 Å². The van der Waals surface area contributed by atoms with E-state index in [9.17, 15) is 9.90 Å². The highest BCUT2D eigenvalue weighted by molar-refractivity contribution is 5.89. The Bertz CT molecular complexity index is 736. The fraction of sp³-hybridized carbons (Fsp3) is 0.471. The lowest BCUT2D eigenvalue weighted by Gasteiger charge is -2.26. The Labute approximate surface area is 135 Å². The molecule has 0 bridgehead atoms. The molecule has 2 heterocycles. The molecule has 0 unspecified atom stereocenters. The molecular formula is C17H23N3O3. The number of benzene rings is 1. The first-order valence-corrected chi connectivity index (χ1v) is 8.02. The fourth-order valence-corrected chi connectivity index (χ4v) is 2.87. The summed E-state index contributed by atoms with van der Waals surface area (Å²) < 4.78 is 6.59. The zero-order chi connectivity index (χ0) is 16.2. The Morgan fingerprint density at radius 2 is 2.04 bits per heavy atom. The Hall–Kier alpha value is -2.05. The van der Waals surface area contributed by atoms with Gasteiger partial charge in [-0.2, -0.15) is 0 Å². The quantitative estimate of drug-likeness (QED) is 0.816. The molecular weight excluding hydrogens is 294 g/mol. The number of pyridine rings is 1. The monoisotopic (exact) mass is 317 g/mol. The van der Waals surface area contributed by atoms with E-state index in [2.05, 4.69) is 10.2 Å². The molecule has 0 aliphatic carbocycles. The first kappa shape index (κ1) is 15.8. The molecule has 1 fully saturated rings. The van der Waals surface area contributed by atoms with E-state index in [-0.39, 0.29) is 11.4 Å². The minimum absolute atomic E-state index is 0.00590. The van der Waals surface area contributed by atoms with Crippen molar-refractivity contribution >= 4 is 16.5 Å². The summed E-state index contributed by atoms with van der Waals surface area (Å²) in [5.41, 5.74) is 0.756. The predicted octanol–water partition coefficient (Wildman–Crippen LogP) is 1.38. The number of aromatic nitrogens is 1. The highest BCUT2D eigenvalue weighted by atomic mass is 16.5. The van der Waals surface area contributed by atoms with Gasteiger partial charge in [0.2, 0.25) is 5.88 Å². The van der Waals surface area contributed by atoms with Crippen LogP contribution in [0.1, 0.15) is 6.42 Å². The molecule has 1 aliphatic heterocycles. The Balaban J connectivity index is 1.60. The summed E-state index contributed by atoms with van der Waals surface area (Å²) in [7, 11) is 1.56. The molecule has 0 radical (unpaired) electrons. The van der Waals surface area contributed by atoms with E-state index < -0.39 is 0 Å². The van der Waals surface area contributed by atoms with E-state index in [4.69, 9.17) is 4.74 Å². The number of hydrogen-bond donors (Lipinski definition) is 2. The van der Waals surface area contributed by atoms with Gasteiger partial charge >= 0.3 is 0 Å². The van der Waals surface area contributed by atoms with Crippen molar-refractivity contribution in [3.8, 4) is 5.88 Å². The number of ether oxygens (including phenoxy) is 1. The molecule has 3 rings (SSSR count). The van der Waals surface area contributed by atoms with Crippen LogP contribution in [0.25, 0.3) is 10.8 Å². The van der Waals surface area contributed by atoms with Crippen LogP contribution in [0, 0.1) is 0 Å². The first-order chi connectivity index (χ1) is 11.1. The van der Waals surface area contributed by atoms with Crippen LogP contribution in [-0.2, 0) is 11.8 Å². The van der Waals surface area contributed by atoms with Crippen molar-refractivity contribution in [1.82, 2.24) is 9.47 Å². The molecule has 1 saturated heterocycles. The summed E-state index contributed by atoms with van der Waals surface area (Å²) in [4.78, 5) is 14.2. The number of aromatic hydroxyl groups is 1. The second-order valence-electron chi connectivity index (χ2n) is 5.90. The zero-order valence-corrected chi connectivity index (χ0v) is 13.4. The molecule has 2 N–H and O–H groups in total. The lowest BCUT2D eigenvalue weighted by molar-refractivity contribution is 0.0378. The number of hydrogen-bond acceptors (Lipinski definition) is 5. The van der Waals surface area contributed by atoms with Crippen molar-refractivity contribution in [1.29, 1.82) is 0 Å². The van der Waals surface area contributed by atoms with Crippen LogP contribution >= 0.6 is 0 Å². The van der Waals surface area contributed by atoms with Crippen molar-refractivity contribution in [3.63, 3.8) is 0 Å². The second kappa shape index (κ2) is 7.02. The van der Waals surface area contributed by atoms with Crippen molar-refractivity contribution in [2.75, 3.05) is 44.7 Å². The highest BCUT2D eigenvalue weighted by Gasteiger charge is 2.09. The molecule has 1 aliphatic rings. The van der Waals surface area contributed by atoms with Crippen LogP contribution in [0.3, 0.4) is 0 Å². The van der Waals surface area contributed by atoms with Gasteiger partial charge in [0.25, 0.3) is 5.56 Å². The highest BCUT2D eigenvalue weighted by Crippen LogP contribution is 2.24. The van der Waals surface area contributed by atoms with Gasteiger partial charge in [0, 0.05) is 43.8 Å². The number of morpholine rings is 1. The maximum Gasteiger partial charge on any atom is 0.253 e. The number of nitrogens with one attached hydrogen (secondary N) is 1. The summed E-state index contributed by atoms with van der Waals surface area (Å²) >= 11 is 0. The molecule has 124 valence electrons. The van der Waals surface area contributed by atoms with Crippen LogP contribution in [0.15, 0.2) is 29.1 Å². The van der Waals surface area contributed by atoms with Gasteiger partial charge in [-0.15, -0.1) is 0 Å². The van der Waals surface area contributed by atoms with Gasteiger partial charge < -0.3 is 15.2 Å². The van der Waals surface area contributed by atoms with E-state index in [1.165, 1.54) is 4.57 Å². The van der Waals surface area contributed by atoms with Crippen LogP contribution in [-0.4, -0.2) is 54.0 Å². The van der Waals surface area contributed by atoms with Crippen molar-refractivity contribution in [2.45, 2.75) is 6.42 Å². The SMILES string of the molecule is Cn1c(O)c2ccc(NCCCN3CCOCC3)cc2cc1=O. The van der Waals surface area contributed by atoms with Gasteiger partial charge in [-0.05, 0) is 36.6 Å². The Morgan fingerprint density at radius 3 is 2.83 bits per heavy atom. The van der Waals surface area contributed by atoms with Gasteiger partial charge in [0.15, 0.2) is 0 Å². The van der Waals surface area contributed by atoms with E-state index in [0.717, 1.165) is 56.9 Å². The van der Waals surface area contributed by atoms with E-state index in [1.807, 2.05) is 18.2 Å². The van der Waals surface area contributed by atoms with Crippen LogP contribution in [0.2, 0.25) is 0 Å². The van der Waals surface area contributed by atoms with Gasteiger partial charge in [-0.25, -0.2) is 0 Å². The summed E-state index contributed by atoms with van der Waals surface area (Å²) in [6, 6.07) is 7.23. The molecule has 6 nitrogen and oxygen atoms in total. The maximum atomic E-state index is 11.8. The topological polar surface area (TPSA) is 66.7 Å². The lowest BCUT2D eigenvalue weighted by Crippen LogP contribution is -2.37. The fourth-order valence-electron chi connectivity index (χ4n) is 2.87. The summed E-state index contributed by atoms with van der Waals surface area (Å²) in [5, 5.41) is 14.8. The minimum Gasteiger partial charge on any atom is -0.494 e. The molecule has 1 aromatic carbocycles. The van der Waals surface area contributed by atoms with Gasteiger partial charge in [0.1, 0.15) is 0 Å². The average Bonchev–Trinajstić information content (AvgIpc) is 2.57. The standard InChI is InChI=1S/C17H23N3O3/c1-19-16(21)12-13-11-14(3-4-15(13)17(19)22)18-5-2-6-20-7-9-23-10-8-20/h3-4,11-12,18,22H,2,5-10H2,1H3. The van der Waals surface area contributed by atoms with Gasteiger partial charge in [-0.3, -0.25) is 14.3 Å². The normalized spacial score (nSPS) is 15.9. The number of fused-ring (bicyclic) bond motifs is 1. The van der Waals surface area contributed by atoms with Crippen LogP contribution in [0.4, 0.5) is 5.69 Å². The molecule has 0 atom stereocenters. The Kier molecular flexibility index (Phi) is 4.83. The molecule has 6 heteroatoms. The summed E-state index contributed by atoms with van der Waals surface area (Å²) in [5.74, 6) is 0.00590. The average molecular weight is 317 g/mol. The van der Waals surface area contributed by atoms with E-state index in [0.29, 0.717) is 5.39 Å². The molecule has 0 saturated carbocycles. The molecule has 0 spiro atoms. The zero-order valence-electron chi connectivity index (χ0n) is 13.4. The van der Waals surface area contributed by atoms with Gasteiger partial charge in [-0.1, -0.05) is 0 Å². The Morgan fingerprint density at radius 1 is 1.26 bits per heavy atom. The molecule has 23 heavy (non-hydrogen) atoms. The first-order valence-electron chi connectivity index (χ1n) is 8.02. The lowest BCUT2D eigenvalue weighted by atomic mass is 10.1. The minimum atomic E-state index is -0.209. The molecule has 0 amide bonds. The van der Waals surface area contributed by atoms with Crippen molar-refractivity contribution < 1.29 is 9.84 Å². The number of nitrogens with zero attached hydrogens (tertiary/aromatic N) is 2. The van der Waals surface area contributed by atoms with E-state index in [1.54, 1.807) is 13.1 Å². The summed E-state index contributed by atoms with van der Waals surface area (Å²) in [6.07, 6.45) is 1.06. The van der Waals surface area contributed by atoms with E-state index >= 15 is 0 Å². The summed E-state index contributed by atoms with van der Waals surface area (Å²) in [6.45, 7) is 5.62. The number of anilines is 1. The van der Waals surface area contributed by atoms with Gasteiger partial charge in [0.05, 0.1) is 13.2 Å². The van der Waals surface area contributed by atoms with Crippen molar-refractivity contribution in [3.05, 3.63) is 34.6 Å². The molecule has 2 aromatic rings. The smallest absolute Gasteiger partial charge is 0.253 e. The number of rotatable bonds is 5.